The fourth-order valence-electron chi connectivity index (χ4n) is 3.60. The first-order chi connectivity index (χ1) is 12.6. The van der Waals surface area contributed by atoms with Gasteiger partial charge in [0.05, 0.1) is 23.0 Å². The molecule has 0 aliphatic carbocycles. The molecule has 2 heterocycles. The summed E-state index contributed by atoms with van der Waals surface area (Å²) in [6.45, 7) is 3.35. The predicted octanol–water partition coefficient (Wildman–Crippen LogP) is 3.41. The molecule has 2 aromatic carbocycles. The lowest BCUT2D eigenvalue weighted by molar-refractivity contribution is 0.0934. The minimum absolute atomic E-state index is 0.0191. The summed E-state index contributed by atoms with van der Waals surface area (Å²) < 4.78 is 14.2. The van der Waals surface area contributed by atoms with Gasteiger partial charge in [0.2, 0.25) is 0 Å². The summed E-state index contributed by atoms with van der Waals surface area (Å²) in [6.07, 6.45) is 3.50. The van der Waals surface area contributed by atoms with Crippen LogP contribution in [0.1, 0.15) is 28.8 Å². The number of para-hydroxylation sites is 1. The molecule has 1 saturated heterocycles. The number of hydrogen-bond acceptors (Lipinski definition) is 3. The molecule has 1 amide bonds. The Kier molecular flexibility index (Phi) is 4.32. The molecule has 3 aromatic rings. The molecule has 6 heteroatoms. The Morgan fingerprint density at radius 1 is 1.35 bits per heavy atom. The van der Waals surface area contributed by atoms with Crippen molar-refractivity contribution in [3.8, 4) is 0 Å². The number of aryl methyl sites for hydroxylation is 1. The molecule has 0 radical (unpaired) electrons. The highest BCUT2D eigenvalue weighted by Gasteiger charge is 2.24. The van der Waals surface area contributed by atoms with Crippen molar-refractivity contribution in [1.29, 1.82) is 0 Å². The number of hydrogen-bond donors (Lipinski definition) is 2. The molecule has 0 saturated carbocycles. The number of piperidine rings is 1. The molecule has 1 unspecified atom stereocenters. The van der Waals surface area contributed by atoms with E-state index in [4.69, 9.17) is 0 Å². The molecule has 1 atom stereocenters. The molecular weight excluding hydrogens is 331 g/mol. The van der Waals surface area contributed by atoms with E-state index in [1.165, 1.54) is 6.07 Å². The van der Waals surface area contributed by atoms with Crippen LogP contribution in [0.4, 0.5) is 10.1 Å². The largest absolute Gasteiger partial charge is 0.367 e. The predicted molar refractivity (Wildman–Crippen MR) is 99.9 cm³/mol. The van der Waals surface area contributed by atoms with E-state index in [1.807, 2.05) is 30.0 Å². The lowest BCUT2D eigenvalue weighted by Gasteiger charge is -2.35. The number of fused-ring (bicyclic) bond motifs is 1. The van der Waals surface area contributed by atoms with Gasteiger partial charge < -0.3 is 10.2 Å². The van der Waals surface area contributed by atoms with Crippen LogP contribution >= 0.6 is 0 Å². The SMILES string of the molecule is Cc1ccc(F)c(N2CCCC(NC(=O)c3cccc4cn[nH]c34)C2)c1. The number of aromatic nitrogens is 2. The molecule has 26 heavy (non-hydrogen) atoms. The molecule has 1 fully saturated rings. The van der Waals surface area contributed by atoms with Crippen LogP contribution in [0.25, 0.3) is 10.9 Å². The number of nitrogens with one attached hydrogen (secondary N) is 2. The second-order valence-electron chi connectivity index (χ2n) is 6.85. The number of carbonyl (C=O) groups is 1. The smallest absolute Gasteiger partial charge is 0.253 e. The number of benzene rings is 2. The van der Waals surface area contributed by atoms with Gasteiger partial charge in [0.15, 0.2) is 0 Å². The third-order valence-electron chi connectivity index (χ3n) is 4.92. The summed E-state index contributed by atoms with van der Waals surface area (Å²) in [6, 6.07) is 10.7. The Morgan fingerprint density at radius 2 is 2.23 bits per heavy atom. The third-order valence-corrected chi connectivity index (χ3v) is 4.92. The van der Waals surface area contributed by atoms with Crippen molar-refractivity contribution in [2.45, 2.75) is 25.8 Å². The molecule has 2 N–H and O–H groups in total. The first-order valence-corrected chi connectivity index (χ1v) is 8.86. The maximum atomic E-state index is 14.2. The van der Waals surface area contributed by atoms with Crippen molar-refractivity contribution in [2.24, 2.45) is 0 Å². The van der Waals surface area contributed by atoms with Gasteiger partial charge in [-0.15, -0.1) is 0 Å². The number of nitrogens with zero attached hydrogens (tertiary/aromatic N) is 2. The number of H-pyrrole nitrogens is 1. The van der Waals surface area contributed by atoms with Gasteiger partial charge in [-0.2, -0.15) is 5.10 Å². The number of anilines is 1. The molecule has 1 aromatic heterocycles. The first kappa shape index (κ1) is 16.6. The van der Waals surface area contributed by atoms with Gasteiger partial charge in [0, 0.05) is 24.5 Å². The molecule has 0 spiro atoms. The van der Waals surface area contributed by atoms with E-state index in [0.29, 0.717) is 17.8 Å². The highest BCUT2D eigenvalue weighted by atomic mass is 19.1. The summed E-state index contributed by atoms with van der Waals surface area (Å²) in [4.78, 5) is 14.8. The fourth-order valence-corrected chi connectivity index (χ4v) is 3.60. The minimum atomic E-state index is -0.218. The summed E-state index contributed by atoms with van der Waals surface area (Å²) in [5.74, 6) is -0.346. The lowest BCUT2D eigenvalue weighted by atomic mass is 10.0. The average Bonchev–Trinajstić information content (AvgIpc) is 3.12. The van der Waals surface area contributed by atoms with Crippen molar-refractivity contribution in [2.75, 3.05) is 18.0 Å². The van der Waals surface area contributed by atoms with E-state index in [1.54, 1.807) is 18.3 Å². The van der Waals surface area contributed by atoms with Crippen molar-refractivity contribution >= 4 is 22.5 Å². The van der Waals surface area contributed by atoms with E-state index in [2.05, 4.69) is 15.5 Å². The Hall–Kier alpha value is -2.89. The second-order valence-corrected chi connectivity index (χ2v) is 6.85. The molecule has 1 aliphatic heterocycles. The average molecular weight is 352 g/mol. The van der Waals surface area contributed by atoms with Crippen molar-refractivity contribution in [3.63, 3.8) is 0 Å². The maximum Gasteiger partial charge on any atom is 0.253 e. The van der Waals surface area contributed by atoms with Crippen LogP contribution < -0.4 is 10.2 Å². The molecule has 0 bridgehead atoms. The van der Waals surface area contributed by atoms with Crippen LogP contribution in [0.5, 0.6) is 0 Å². The van der Waals surface area contributed by atoms with Crippen LogP contribution in [0.3, 0.4) is 0 Å². The number of aromatic amines is 1. The zero-order chi connectivity index (χ0) is 18.1. The summed E-state index contributed by atoms with van der Waals surface area (Å²) in [7, 11) is 0. The van der Waals surface area contributed by atoms with Crippen molar-refractivity contribution in [1.82, 2.24) is 15.5 Å². The lowest BCUT2D eigenvalue weighted by Crippen LogP contribution is -2.48. The summed E-state index contributed by atoms with van der Waals surface area (Å²) >= 11 is 0. The zero-order valence-corrected chi connectivity index (χ0v) is 14.6. The van der Waals surface area contributed by atoms with Crippen LogP contribution in [0.15, 0.2) is 42.6 Å². The molecule has 134 valence electrons. The number of rotatable bonds is 3. The van der Waals surface area contributed by atoms with E-state index >= 15 is 0 Å². The fraction of sp³-hybridized carbons (Fsp3) is 0.300. The number of halogens is 1. The standard InChI is InChI=1S/C20H21FN4O/c1-13-7-8-17(21)18(10-13)25-9-3-5-15(12-25)23-20(26)16-6-2-4-14-11-22-24-19(14)16/h2,4,6-8,10-11,15H,3,5,9,12H2,1H3,(H,22,24)(H,23,26). The maximum absolute atomic E-state index is 14.2. The van der Waals surface area contributed by atoms with Gasteiger partial charge in [-0.25, -0.2) is 4.39 Å². The number of amides is 1. The molecular formula is C20H21FN4O. The van der Waals surface area contributed by atoms with E-state index in [0.717, 1.165) is 35.9 Å². The van der Waals surface area contributed by atoms with Gasteiger partial charge in [0.25, 0.3) is 5.91 Å². The highest BCUT2D eigenvalue weighted by Crippen LogP contribution is 2.25. The number of carbonyl (C=O) groups excluding carboxylic acids is 1. The van der Waals surface area contributed by atoms with E-state index in [9.17, 15) is 9.18 Å². The third kappa shape index (κ3) is 3.14. The Labute approximate surface area is 151 Å². The topological polar surface area (TPSA) is 61.0 Å². The Balaban J connectivity index is 1.51. The molecule has 4 rings (SSSR count). The Bertz CT molecular complexity index is 952. The normalized spacial score (nSPS) is 17.5. The summed E-state index contributed by atoms with van der Waals surface area (Å²) in [5.41, 5.74) is 2.96. The first-order valence-electron chi connectivity index (χ1n) is 8.86. The van der Waals surface area contributed by atoms with Crippen LogP contribution in [-0.4, -0.2) is 35.2 Å². The quantitative estimate of drug-likeness (QED) is 0.759. The van der Waals surface area contributed by atoms with Crippen molar-refractivity contribution < 1.29 is 9.18 Å². The van der Waals surface area contributed by atoms with Crippen molar-refractivity contribution in [3.05, 3.63) is 59.5 Å². The van der Waals surface area contributed by atoms with Gasteiger partial charge >= 0.3 is 0 Å². The van der Waals surface area contributed by atoms with Crippen LogP contribution in [0, 0.1) is 12.7 Å². The molecule has 5 nitrogen and oxygen atoms in total. The van der Waals surface area contributed by atoms with Gasteiger partial charge in [-0.1, -0.05) is 18.2 Å². The molecule has 1 aliphatic rings. The zero-order valence-electron chi connectivity index (χ0n) is 14.6. The summed E-state index contributed by atoms with van der Waals surface area (Å²) in [5, 5.41) is 10.9. The minimum Gasteiger partial charge on any atom is -0.367 e. The monoisotopic (exact) mass is 352 g/mol. The van der Waals surface area contributed by atoms with Gasteiger partial charge in [0.1, 0.15) is 5.82 Å². The van der Waals surface area contributed by atoms with E-state index < -0.39 is 0 Å². The van der Waals surface area contributed by atoms with E-state index in [-0.39, 0.29) is 17.8 Å². The van der Waals surface area contributed by atoms with Crippen LogP contribution in [-0.2, 0) is 0 Å². The highest BCUT2D eigenvalue weighted by molar-refractivity contribution is 6.05. The van der Waals surface area contributed by atoms with Crippen LogP contribution in [0.2, 0.25) is 0 Å². The Morgan fingerprint density at radius 3 is 3.12 bits per heavy atom. The second kappa shape index (κ2) is 6.78. The van der Waals surface area contributed by atoms with Gasteiger partial charge in [-0.05, 0) is 43.5 Å². The van der Waals surface area contributed by atoms with Gasteiger partial charge in [-0.3, -0.25) is 9.89 Å².